The van der Waals surface area contributed by atoms with Gasteiger partial charge in [-0.2, -0.15) is 0 Å². The summed E-state index contributed by atoms with van der Waals surface area (Å²) in [5.41, 5.74) is 9.94. The van der Waals surface area contributed by atoms with Crippen molar-refractivity contribution in [3.63, 3.8) is 0 Å². The summed E-state index contributed by atoms with van der Waals surface area (Å²) < 4.78 is 0. The molecule has 78 valence electrons. The maximum Gasteiger partial charge on any atom is -0.000697 e. The average molecular weight is 214 g/mol. The fourth-order valence-electron chi connectivity index (χ4n) is 3.95. The minimum atomic E-state index is 1.20. The Hall–Kier alpha value is -1.82. The standard InChI is InChI=1S/C17H10/c1-2-8-4-13-11-6-10(11)12-7-14(12)17(13)15-5-9(3-1)16(8)15/h1-4H,5-7H2. The molecule has 3 aliphatic carbocycles. The Morgan fingerprint density at radius 2 is 1.59 bits per heavy atom. The van der Waals surface area contributed by atoms with E-state index in [0.29, 0.717) is 0 Å². The van der Waals surface area contributed by atoms with E-state index in [4.69, 9.17) is 0 Å². The maximum absolute atomic E-state index is 2.45. The fourth-order valence-corrected chi connectivity index (χ4v) is 3.95. The molecular formula is C17H10. The van der Waals surface area contributed by atoms with Gasteiger partial charge in [-0.25, -0.2) is 0 Å². The molecule has 0 saturated carbocycles. The first-order valence-electron chi connectivity index (χ1n) is 6.44. The lowest BCUT2D eigenvalue weighted by Crippen LogP contribution is -2.04. The van der Waals surface area contributed by atoms with Gasteiger partial charge in [0.2, 0.25) is 0 Å². The summed E-state index contributed by atoms with van der Waals surface area (Å²) in [6, 6.07) is 9.22. The van der Waals surface area contributed by atoms with Gasteiger partial charge in [-0.05, 0) is 80.3 Å². The molecule has 0 unspecified atom stereocenters. The van der Waals surface area contributed by atoms with Crippen molar-refractivity contribution in [1.29, 1.82) is 0 Å². The van der Waals surface area contributed by atoms with E-state index < -0.39 is 0 Å². The Bertz CT molecular complexity index is 897. The summed E-state index contributed by atoms with van der Waals surface area (Å²) in [4.78, 5) is 0. The minimum Gasteiger partial charge on any atom is -0.0613 e. The molecule has 0 aliphatic heterocycles. The normalized spacial score (nSPS) is 16.7. The molecule has 0 atom stereocenters. The van der Waals surface area contributed by atoms with E-state index in [1.807, 2.05) is 0 Å². The van der Waals surface area contributed by atoms with Crippen LogP contribution < -0.4 is 0 Å². The van der Waals surface area contributed by atoms with Crippen LogP contribution in [0.4, 0.5) is 0 Å². The highest BCUT2D eigenvalue weighted by atomic mass is 14.4. The third-order valence-electron chi connectivity index (χ3n) is 4.90. The van der Waals surface area contributed by atoms with Crippen LogP contribution in [0.25, 0.3) is 21.5 Å². The van der Waals surface area contributed by atoms with Crippen LogP contribution in [0.2, 0.25) is 0 Å². The predicted molar refractivity (Wildman–Crippen MR) is 69.9 cm³/mol. The first kappa shape index (κ1) is 7.50. The number of rotatable bonds is 0. The van der Waals surface area contributed by atoms with E-state index in [9.17, 15) is 0 Å². The predicted octanol–water partition coefficient (Wildman–Crippen LogP) is 3.71. The lowest BCUT2D eigenvalue weighted by Gasteiger charge is -2.22. The highest BCUT2D eigenvalue weighted by Gasteiger charge is 2.37. The molecule has 0 heterocycles. The molecule has 3 aliphatic rings. The van der Waals surface area contributed by atoms with Gasteiger partial charge in [0.1, 0.15) is 0 Å². The van der Waals surface area contributed by atoms with Crippen molar-refractivity contribution in [3.05, 3.63) is 57.6 Å². The zero-order valence-corrected chi connectivity index (χ0v) is 9.43. The monoisotopic (exact) mass is 214 g/mol. The van der Waals surface area contributed by atoms with Crippen LogP contribution >= 0.6 is 0 Å². The maximum atomic E-state index is 2.45. The SMILES string of the molecule is c1cc2c3c(c4c5c(c6c(c4cc3c1)C6)C5)C2. The molecule has 17 heavy (non-hydrogen) atoms. The van der Waals surface area contributed by atoms with Crippen molar-refractivity contribution in [1.82, 2.24) is 0 Å². The molecule has 0 nitrogen and oxygen atoms in total. The summed E-state index contributed by atoms with van der Waals surface area (Å²) >= 11 is 0. The van der Waals surface area contributed by atoms with Crippen molar-refractivity contribution in [2.75, 3.05) is 0 Å². The molecule has 0 heteroatoms. The van der Waals surface area contributed by atoms with Crippen molar-refractivity contribution in [3.8, 4) is 0 Å². The summed E-state index contributed by atoms with van der Waals surface area (Å²) in [6.07, 6.45) is 3.76. The van der Waals surface area contributed by atoms with Crippen LogP contribution in [0.5, 0.6) is 0 Å². The second kappa shape index (κ2) is 1.99. The van der Waals surface area contributed by atoms with Gasteiger partial charge in [-0.1, -0.05) is 18.2 Å². The largest absolute Gasteiger partial charge is 0.0613 e. The van der Waals surface area contributed by atoms with Gasteiger partial charge < -0.3 is 0 Å². The fraction of sp³-hybridized carbons (Fsp3) is 0.176. The summed E-state index contributed by atoms with van der Waals surface area (Å²) in [6.45, 7) is 0. The highest BCUT2D eigenvalue weighted by molar-refractivity contribution is 6.12. The molecule has 0 amide bonds. The summed E-state index contributed by atoms with van der Waals surface area (Å²) in [5, 5.41) is 6.25. The molecule has 0 aromatic heterocycles. The number of hydrogen-bond donors (Lipinski definition) is 0. The van der Waals surface area contributed by atoms with Crippen molar-refractivity contribution >= 4 is 21.5 Å². The van der Waals surface area contributed by atoms with Gasteiger partial charge in [0.05, 0.1) is 0 Å². The Balaban J connectivity index is 2.01. The third-order valence-corrected chi connectivity index (χ3v) is 4.90. The minimum absolute atomic E-state index is 1.20. The molecular weight excluding hydrogens is 204 g/mol. The van der Waals surface area contributed by atoms with E-state index in [-0.39, 0.29) is 0 Å². The molecule has 0 radical (unpaired) electrons. The topological polar surface area (TPSA) is 0 Å². The molecule has 0 saturated heterocycles. The van der Waals surface area contributed by atoms with Gasteiger partial charge in [-0.15, -0.1) is 0 Å². The van der Waals surface area contributed by atoms with Gasteiger partial charge >= 0.3 is 0 Å². The van der Waals surface area contributed by atoms with E-state index in [0.717, 1.165) is 0 Å². The molecule has 3 aromatic carbocycles. The molecule has 0 N–H and O–H groups in total. The van der Waals surface area contributed by atoms with Gasteiger partial charge in [0, 0.05) is 0 Å². The van der Waals surface area contributed by atoms with E-state index in [2.05, 4.69) is 24.3 Å². The van der Waals surface area contributed by atoms with E-state index in [1.54, 1.807) is 49.5 Å². The van der Waals surface area contributed by atoms with Gasteiger partial charge in [-0.3, -0.25) is 0 Å². The van der Waals surface area contributed by atoms with Crippen molar-refractivity contribution < 1.29 is 0 Å². The van der Waals surface area contributed by atoms with Crippen LogP contribution in [0.3, 0.4) is 0 Å². The lowest BCUT2D eigenvalue weighted by atomic mass is 9.81. The molecule has 0 spiro atoms. The van der Waals surface area contributed by atoms with Crippen LogP contribution in [0.1, 0.15) is 33.4 Å². The number of hydrogen-bond acceptors (Lipinski definition) is 0. The van der Waals surface area contributed by atoms with Crippen molar-refractivity contribution in [2.45, 2.75) is 19.3 Å². The smallest absolute Gasteiger partial charge is 0.000697 e. The first-order valence-corrected chi connectivity index (χ1v) is 6.44. The van der Waals surface area contributed by atoms with E-state index in [1.165, 1.54) is 24.6 Å². The second-order valence-corrected chi connectivity index (χ2v) is 5.74. The average Bonchev–Trinajstić information content (AvgIpc) is 3.14. The van der Waals surface area contributed by atoms with Gasteiger partial charge in [0.25, 0.3) is 0 Å². The first-order chi connectivity index (χ1) is 8.42. The second-order valence-electron chi connectivity index (χ2n) is 5.74. The third kappa shape index (κ3) is 0.667. The van der Waals surface area contributed by atoms with Crippen LogP contribution in [-0.4, -0.2) is 0 Å². The van der Waals surface area contributed by atoms with Crippen LogP contribution in [0, 0.1) is 0 Å². The number of benzene rings is 3. The number of fused-ring (bicyclic) bond motifs is 7. The molecule has 6 rings (SSSR count). The quantitative estimate of drug-likeness (QED) is 0.338. The van der Waals surface area contributed by atoms with Gasteiger partial charge in [0.15, 0.2) is 0 Å². The Kier molecular flexibility index (Phi) is 0.878. The lowest BCUT2D eigenvalue weighted by molar-refractivity contribution is 1.18. The van der Waals surface area contributed by atoms with E-state index >= 15 is 0 Å². The Morgan fingerprint density at radius 1 is 0.706 bits per heavy atom. The molecule has 3 aromatic rings. The Labute approximate surface area is 98.9 Å². The Morgan fingerprint density at radius 3 is 2.59 bits per heavy atom. The zero-order valence-electron chi connectivity index (χ0n) is 9.43. The summed E-state index contributed by atoms with van der Waals surface area (Å²) in [5.74, 6) is 0. The molecule has 0 fully saturated rings. The summed E-state index contributed by atoms with van der Waals surface area (Å²) in [7, 11) is 0. The molecule has 0 bridgehead atoms. The highest BCUT2D eigenvalue weighted by Crippen LogP contribution is 2.53. The van der Waals surface area contributed by atoms with Crippen molar-refractivity contribution in [2.24, 2.45) is 0 Å². The zero-order chi connectivity index (χ0) is 10.7. The van der Waals surface area contributed by atoms with Crippen LogP contribution in [-0.2, 0) is 19.3 Å². The van der Waals surface area contributed by atoms with Crippen LogP contribution in [0.15, 0.2) is 24.3 Å².